The van der Waals surface area contributed by atoms with Crippen LogP contribution in [0.2, 0.25) is 0 Å². The number of hydrogen-bond donors (Lipinski definition) is 0. The molecule has 0 aromatic heterocycles. The fourth-order valence-corrected chi connectivity index (χ4v) is 3.51. The van der Waals surface area contributed by atoms with Gasteiger partial charge in [0.15, 0.2) is 5.78 Å². The molecule has 1 aliphatic heterocycles. The first-order valence-corrected chi connectivity index (χ1v) is 6.46. The van der Waals surface area contributed by atoms with Gasteiger partial charge in [0.2, 0.25) is 0 Å². The first-order chi connectivity index (χ1) is 8.06. The minimum absolute atomic E-state index is 0.00412. The maximum Gasteiger partial charge on any atom is 0.261 e. The van der Waals surface area contributed by atoms with E-state index in [0.29, 0.717) is 10.4 Å². The van der Waals surface area contributed by atoms with E-state index in [1.807, 2.05) is 12.2 Å². The van der Waals surface area contributed by atoms with Gasteiger partial charge in [0.05, 0.1) is 4.48 Å². The summed E-state index contributed by atoms with van der Waals surface area (Å²) in [6.45, 7) is 0. The van der Waals surface area contributed by atoms with Crippen LogP contribution in [0.4, 0.5) is 0 Å². The molecule has 17 heavy (non-hydrogen) atoms. The van der Waals surface area contributed by atoms with Crippen LogP contribution in [0, 0.1) is 5.92 Å². The summed E-state index contributed by atoms with van der Waals surface area (Å²) in [5.74, 6) is 0.450. The average Bonchev–Trinajstić information content (AvgIpc) is 3.11. The summed E-state index contributed by atoms with van der Waals surface area (Å²) in [7, 11) is 1.78. The summed E-state index contributed by atoms with van der Waals surface area (Å²) >= 11 is 3.41. The summed E-state index contributed by atoms with van der Waals surface area (Å²) < 4.78 is 0.672. The van der Waals surface area contributed by atoms with E-state index in [2.05, 4.69) is 15.9 Å². The maximum absolute atomic E-state index is 12.1. The van der Waals surface area contributed by atoms with Gasteiger partial charge < -0.3 is 4.90 Å². The van der Waals surface area contributed by atoms with E-state index in [1.165, 1.54) is 0 Å². The summed E-state index contributed by atoms with van der Waals surface area (Å²) in [5, 5.41) is 0. The number of carbonyl (C=O) groups is 2. The highest BCUT2D eigenvalue weighted by molar-refractivity contribution is 9.12. The van der Waals surface area contributed by atoms with Crippen molar-refractivity contribution in [2.24, 2.45) is 5.92 Å². The third kappa shape index (κ3) is 1.40. The van der Waals surface area contributed by atoms with Crippen LogP contribution in [0.25, 0.3) is 0 Å². The van der Waals surface area contributed by atoms with Crippen LogP contribution in [0.1, 0.15) is 12.8 Å². The van der Waals surface area contributed by atoms with Crippen molar-refractivity contribution in [1.82, 2.24) is 4.90 Å². The highest BCUT2D eigenvalue weighted by Crippen LogP contribution is 2.51. The van der Waals surface area contributed by atoms with Crippen LogP contribution in [0.5, 0.6) is 0 Å². The van der Waals surface area contributed by atoms with Crippen molar-refractivity contribution in [1.29, 1.82) is 0 Å². The Morgan fingerprint density at radius 2 is 1.88 bits per heavy atom. The molecule has 3 rings (SSSR count). The van der Waals surface area contributed by atoms with Crippen LogP contribution in [0.15, 0.2) is 34.4 Å². The zero-order chi connectivity index (χ0) is 12.2. The fourth-order valence-electron chi connectivity index (χ4n) is 2.60. The molecule has 0 saturated heterocycles. The van der Waals surface area contributed by atoms with E-state index in [-0.39, 0.29) is 11.7 Å². The molecule has 0 N–H and O–H groups in total. The van der Waals surface area contributed by atoms with Crippen molar-refractivity contribution in [2.45, 2.75) is 18.4 Å². The second-order valence-electron chi connectivity index (χ2n) is 4.76. The number of halogens is 1. The predicted octanol–water partition coefficient (Wildman–Crippen LogP) is 1.95. The minimum atomic E-state index is -0.509. The Morgan fingerprint density at radius 3 is 2.41 bits per heavy atom. The molecule has 0 bridgehead atoms. The normalized spacial score (nSPS) is 26.6. The Kier molecular flexibility index (Phi) is 2.20. The zero-order valence-corrected chi connectivity index (χ0v) is 11.0. The summed E-state index contributed by atoms with van der Waals surface area (Å²) in [6.07, 6.45) is 9.05. The van der Waals surface area contributed by atoms with Crippen LogP contribution in [-0.2, 0) is 9.59 Å². The number of nitrogens with zero attached hydrogens (tertiary/aromatic N) is 1. The average molecular weight is 294 g/mol. The first kappa shape index (κ1) is 11.0. The molecule has 3 nitrogen and oxygen atoms in total. The van der Waals surface area contributed by atoms with Crippen LogP contribution in [-0.4, -0.2) is 29.2 Å². The van der Waals surface area contributed by atoms with Gasteiger partial charge in [-0.05, 0) is 64.6 Å². The van der Waals surface area contributed by atoms with E-state index in [9.17, 15) is 9.59 Å². The maximum atomic E-state index is 12.1. The molecule has 0 radical (unpaired) electrons. The lowest BCUT2D eigenvalue weighted by Gasteiger charge is -2.34. The molecule has 1 amide bonds. The molecule has 2 aliphatic carbocycles. The number of ketones is 1. The number of amides is 1. The van der Waals surface area contributed by atoms with Gasteiger partial charge in [-0.25, -0.2) is 0 Å². The molecule has 1 fully saturated rings. The quantitative estimate of drug-likeness (QED) is 0.741. The Hall–Kier alpha value is -1.16. The lowest BCUT2D eigenvalue weighted by atomic mass is 9.84. The fraction of sp³-hybridized carbons (Fsp3) is 0.385. The number of likely N-dealkylation sites (N-methyl/N-ethyl adjacent to an activating group) is 1. The Bertz CT molecular complexity index is 496. The van der Waals surface area contributed by atoms with Gasteiger partial charge >= 0.3 is 0 Å². The number of rotatable bonds is 1. The highest BCUT2D eigenvalue weighted by Gasteiger charge is 2.51. The van der Waals surface area contributed by atoms with Crippen molar-refractivity contribution in [3.63, 3.8) is 0 Å². The van der Waals surface area contributed by atoms with Crippen LogP contribution >= 0.6 is 15.9 Å². The largest absolute Gasteiger partial charge is 0.325 e. The van der Waals surface area contributed by atoms with Gasteiger partial charge in [0, 0.05) is 7.05 Å². The van der Waals surface area contributed by atoms with Gasteiger partial charge in [0.1, 0.15) is 5.54 Å². The molecule has 0 aromatic rings. The molecule has 1 saturated carbocycles. The van der Waals surface area contributed by atoms with Gasteiger partial charge in [-0.15, -0.1) is 0 Å². The third-order valence-corrected chi connectivity index (χ3v) is 4.47. The van der Waals surface area contributed by atoms with Crippen LogP contribution in [0.3, 0.4) is 0 Å². The van der Waals surface area contributed by atoms with E-state index in [4.69, 9.17) is 0 Å². The molecular formula is C13H12BrNO2. The van der Waals surface area contributed by atoms with Gasteiger partial charge in [-0.1, -0.05) is 0 Å². The second kappa shape index (κ2) is 3.42. The summed E-state index contributed by atoms with van der Waals surface area (Å²) in [5.41, 5.74) is 0.607. The van der Waals surface area contributed by atoms with Crippen LogP contribution < -0.4 is 0 Å². The van der Waals surface area contributed by atoms with Gasteiger partial charge in [-0.2, -0.15) is 0 Å². The molecule has 0 unspecified atom stereocenters. The number of hydrogen-bond acceptors (Lipinski definition) is 2. The van der Waals surface area contributed by atoms with Gasteiger partial charge in [-0.3, -0.25) is 9.59 Å². The standard InChI is InChI=1S/C13H12BrNO2/c1-15-12(17)11(14)10(8-2-3-8)13(15)6-4-9(16)5-7-13/h4-8H,2-3H2,1H3. The predicted molar refractivity (Wildman–Crippen MR) is 67.5 cm³/mol. The Morgan fingerprint density at radius 1 is 1.29 bits per heavy atom. The summed E-state index contributed by atoms with van der Waals surface area (Å²) in [6, 6.07) is 0. The lowest BCUT2D eigenvalue weighted by molar-refractivity contribution is -0.125. The number of carbonyl (C=O) groups excluding carboxylic acids is 2. The number of allylic oxidation sites excluding steroid dienone is 2. The van der Waals surface area contributed by atoms with E-state index >= 15 is 0 Å². The summed E-state index contributed by atoms with van der Waals surface area (Å²) in [4.78, 5) is 25.0. The molecule has 1 heterocycles. The monoisotopic (exact) mass is 293 g/mol. The highest BCUT2D eigenvalue weighted by atomic mass is 79.9. The minimum Gasteiger partial charge on any atom is -0.325 e. The van der Waals surface area contributed by atoms with Crippen molar-refractivity contribution in [3.05, 3.63) is 34.4 Å². The van der Waals surface area contributed by atoms with Crippen molar-refractivity contribution >= 4 is 27.6 Å². The Labute approximate surface area is 108 Å². The second-order valence-corrected chi connectivity index (χ2v) is 5.55. The first-order valence-electron chi connectivity index (χ1n) is 5.67. The smallest absolute Gasteiger partial charge is 0.261 e. The van der Waals surface area contributed by atoms with E-state index in [1.54, 1.807) is 24.1 Å². The molecule has 3 aliphatic rings. The molecule has 1 spiro atoms. The molecule has 0 atom stereocenters. The van der Waals surface area contributed by atoms with Crippen molar-refractivity contribution in [2.75, 3.05) is 7.05 Å². The SMILES string of the molecule is CN1C(=O)C(Br)=C(C2CC2)C12C=CC(=O)C=C2. The Balaban J connectivity index is 2.15. The van der Waals surface area contributed by atoms with Crippen molar-refractivity contribution < 1.29 is 9.59 Å². The zero-order valence-electron chi connectivity index (χ0n) is 9.44. The third-order valence-electron chi connectivity index (χ3n) is 3.70. The topological polar surface area (TPSA) is 37.4 Å². The van der Waals surface area contributed by atoms with Crippen molar-refractivity contribution in [3.8, 4) is 0 Å². The molecule has 88 valence electrons. The molecular weight excluding hydrogens is 282 g/mol. The van der Waals surface area contributed by atoms with Gasteiger partial charge in [0.25, 0.3) is 5.91 Å². The molecule has 4 heteroatoms. The lowest BCUT2D eigenvalue weighted by Crippen LogP contribution is -2.44. The van der Waals surface area contributed by atoms with E-state index in [0.717, 1.165) is 18.4 Å². The molecule has 0 aromatic carbocycles. The van der Waals surface area contributed by atoms with E-state index < -0.39 is 5.54 Å².